The third-order valence-corrected chi connectivity index (χ3v) is 2.89. The Balaban J connectivity index is 2.75. The van der Waals surface area contributed by atoms with E-state index in [9.17, 15) is 4.39 Å². The summed E-state index contributed by atoms with van der Waals surface area (Å²) in [5, 5.41) is 3.86. The monoisotopic (exact) mass is 206 g/mol. The summed E-state index contributed by atoms with van der Waals surface area (Å²) in [5.74, 6) is -0.148. The second-order valence-electron chi connectivity index (χ2n) is 3.84. The highest BCUT2D eigenvalue weighted by molar-refractivity contribution is 5.85. The number of aryl methyl sites for hydroxylation is 1. The molecule has 1 atom stereocenters. The van der Waals surface area contributed by atoms with Crippen LogP contribution < -0.4 is 5.32 Å². The Kier molecular flexibility index (Phi) is 2.49. The van der Waals surface area contributed by atoms with Gasteiger partial charge in [-0.1, -0.05) is 6.07 Å². The van der Waals surface area contributed by atoms with Gasteiger partial charge in [0, 0.05) is 24.7 Å². The maximum Gasteiger partial charge on any atom is 0.132 e. The van der Waals surface area contributed by atoms with Gasteiger partial charge in [-0.3, -0.25) is 0 Å². The number of rotatable bonds is 2. The largest absolute Gasteiger partial charge is 0.350 e. The van der Waals surface area contributed by atoms with E-state index >= 15 is 0 Å². The summed E-state index contributed by atoms with van der Waals surface area (Å²) in [5.41, 5.74) is 1.94. The minimum Gasteiger partial charge on any atom is -0.350 e. The molecule has 0 amide bonds. The Labute approximate surface area is 88.7 Å². The van der Waals surface area contributed by atoms with Gasteiger partial charge in [0.25, 0.3) is 0 Å². The van der Waals surface area contributed by atoms with Crippen LogP contribution in [0, 0.1) is 5.82 Å². The summed E-state index contributed by atoms with van der Waals surface area (Å²) in [6.45, 7) is 2.03. The van der Waals surface area contributed by atoms with Crippen LogP contribution in [0.3, 0.4) is 0 Å². The fourth-order valence-corrected chi connectivity index (χ4v) is 1.92. The van der Waals surface area contributed by atoms with Gasteiger partial charge < -0.3 is 9.88 Å². The lowest BCUT2D eigenvalue weighted by atomic mass is 10.1. The minimum atomic E-state index is -0.148. The number of aromatic nitrogens is 1. The van der Waals surface area contributed by atoms with E-state index in [4.69, 9.17) is 0 Å². The number of fused-ring (bicyclic) bond motifs is 1. The van der Waals surface area contributed by atoms with Crippen LogP contribution in [0.2, 0.25) is 0 Å². The number of nitrogens with one attached hydrogen (secondary N) is 1. The molecule has 0 saturated heterocycles. The quantitative estimate of drug-likeness (QED) is 0.799. The van der Waals surface area contributed by atoms with Gasteiger partial charge in [0.1, 0.15) is 5.82 Å². The van der Waals surface area contributed by atoms with Gasteiger partial charge in [0.15, 0.2) is 0 Å². The van der Waals surface area contributed by atoms with Crippen LogP contribution in [0.15, 0.2) is 24.4 Å². The molecule has 0 radical (unpaired) electrons. The van der Waals surface area contributed by atoms with E-state index in [0.29, 0.717) is 0 Å². The third kappa shape index (κ3) is 1.53. The Bertz CT molecular complexity index is 488. The van der Waals surface area contributed by atoms with Crippen molar-refractivity contribution in [3.8, 4) is 0 Å². The Morgan fingerprint density at radius 1 is 1.40 bits per heavy atom. The van der Waals surface area contributed by atoms with Gasteiger partial charge >= 0.3 is 0 Å². The Morgan fingerprint density at radius 3 is 2.80 bits per heavy atom. The molecule has 0 fully saturated rings. The maximum absolute atomic E-state index is 13.7. The predicted octanol–water partition coefficient (Wildman–Crippen LogP) is 2.60. The van der Waals surface area contributed by atoms with Crippen LogP contribution in [-0.2, 0) is 7.05 Å². The molecule has 0 bridgehead atoms. The summed E-state index contributed by atoms with van der Waals surface area (Å²) < 4.78 is 15.7. The van der Waals surface area contributed by atoms with Crippen LogP contribution in [0.4, 0.5) is 4.39 Å². The Hall–Kier alpha value is -1.35. The fourth-order valence-electron chi connectivity index (χ4n) is 1.92. The fraction of sp³-hybridized carbons (Fsp3) is 0.333. The number of nitrogens with zero attached hydrogens (tertiary/aromatic N) is 1. The van der Waals surface area contributed by atoms with Crippen LogP contribution in [0.25, 0.3) is 10.9 Å². The molecule has 2 aromatic rings. The van der Waals surface area contributed by atoms with Crippen molar-refractivity contribution in [3.63, 3.8) is 0 Å². The number of benzene rings is 1. The van der Waals surface area contributed by atoms with Gasteiger partial charge in [-0.15, -0.1) is 0 Å². The number of hydrogen-bond donors (Lipinski definition) is 1. The summed E-state index contributed by atoms with van der Waals surface area (Å²) in [7, 11) is 3.82. The van der Waals surface area contributed by atoms with E-state index in [-0.39, 0.29) is 11.9 Å². The zero-order valence-corrected chi connectivity index (χ0v) is 9.21. The van der Waals surface area contributed by atoms with Crippen LogP contribution in [0.5, 0.6) is 0 Å². The zero-order chi connectivity index (χ0) is 11.0. The van der Waals surface area contributed by atoms with Crippen LogP contribution in [-0.4, -0.2) is 11.6 Å². The first-order chi connectivity index (χ1) is 7.15. The van der Waals surface area contributed by atoms with Crippen molar-refractivity contribution in [2.24, 2.45) is 7.05 Å². The SMILES string of the molecule is CNC(C)c1cn(C)c2cccc(F)c12. The third-order valence-electron chi connectivity index (χ3n) is 2.89. The molecule has 1 heterocycles. The molecule has 0 aliphatic heterocycles. The van der Waals surface area contributed by atoms with Crippen molar-refractivity contribution in [1.82, 2.24) is 9.88 Å². The molecule has 1 aromatic heterocycles. The highest BCUT2D eigenvalue weighted by Crippen LogP contribution is 2.27. The lowest BCUT2D eigenvalue weighted by Gasteiger charge is -2.08. The summed E-state index contributed by atoms with van der Waals surface area (Å²) >= 11 is 0. The molecule has 0 aliphatic rings. The van der Waals surface area contributed by atoms with Gasteiger partial charge in [-0.2, -0.15) is 0 Å². The van der Waals surface area contributed by atoms with E-state index in [1.807, 2.05) is 37.8 Å². The van der Waals surface area contributed by atoms with Gasteiger partial charge in [0.05, 0.1) is 5.52 Å². The smallest absolute Gasteiger partial charge is 0.132 e. The highest BCUT2D eigenvalue weighted by Gasteiger charge is 2.14. The second-order valence-corrected chi connectivity index (χ2v) is 3.84. The first-order valence-electron chi connectivity index (χ1n) is 5.06. The normalized spacial score (nSPS) is 13.3. The van der Waals surface area contributed by atoms with Crippen molar-refractivity contribution in [2.75, 3.05) is 7.05 Å². The second kappa shape index (κ2) is 3.66. The molecule has 1 aromatic carbocycles. The molecule has 0 spiro atoms. The molecule has 1 unspecified atom stereocenters. The van der Waals surface area contributed by atoms with Gasteiger partial charge in [-0.25, -0.2) is 4.39 Å². The summed E-state index contributed by atoms with van der Waals surface area (Å²) in [6.07, 6.45) is 1.98. The van der Waals surface area contributed by atoms with Gasteiger partial charge in [-0.05, 0) is 31.7 Å². The standard InChI is InChI=1S/C12H15FN2/c1-8(14-2)9-7-15(3)11-6-4-5-10(13)12(9)11/h4-8,14H,1-3H3. The van der Waals surface area contributed by atoms with Crippen molar-refractivity contribution < 1.29 is 4.39 Å². The average Bonchev–Trinajstić information content (AvgIpc) is 2.57. The molecule has 15 heavy (non-hydrogen) atoms. The molecular formula is C12H15FN2. The lowest BCUT2D eigenvalue weighted by Crippen LogP contribution is -2.12. The van der Waals surface area contributed by atoms with E-state index < -0.39 is 0 Å². The molecule has 80 valence electrons. The lowest BCUT2D eigenvalue weighted by molar-refractivity contribution is 0.627. The zero-order valence-electron chi connectivity index (χ0n) is 9.21. The van der Waals surface area contributed by atoms with Crippen molar-refractivity contribution >= 4 is 10.9 Å². The molecule has 3 heteroatoms. The van der Waals surface area contributed by atoms with Crippen molar-refractivity contribution in [1.29, 1.82) is 0 Å². The van der Waals surface area contributed by atoms with Crippen molar-refractivity contribution in [2.45, 2.75) is 13.0 Å². The highest BCUT2D eigenvalue weighted by atomic mass is 19.1. The molecule has 2 rings (SSSR count). The Morgan fingerprint density at radius 2 is 2.13 bits per heavy atom. The molecular weight excluding hydrogens is 191 g/mol. The summed E-state index contributed by atoms with van der Waals surface area (Å²) in [6, 6.07) is 5.34. The molecule has 1 N–H and O–H groups in total. The topological polar surface area (TPSA) is 17.0 Å². The van der Waals surface area contributed by atoms with E-state index in [1.165, 1.54) is 6.07 Å². The maximum atomic E-state index is 13.7. The van der Waals surface area contributed by atoms with Crippen LogP contribution >= 0.6 is 0 Å². The van der Waals surface area contributed by atoms with E-state index in [0.717, 1.165) is 16.5 Å². The predicted molar refractivity (Wildman–Crippen MR) is 60.4 cm³/mol. The number of halogens is 1. The van der Waals surface area contributed by atoms with E-state index in [1.54, 1.807) is 6.07 Å². The minimum absolute atomic E-state index is 0.148. The summed E-state index contributed by atoms with van der Waals surface area (Å²) in [4.78, 5) is 0. The van der Waals surface area contributed by atoms with E-state index in [2.05, 4.69) is 5.32 Å². The molecule has 0 aliphatic carbocycles. The first kappa shape index (κ1) is 10.2. The van der Waals surface area contributed by atoms with Crippen LogP contribution in [0.1, 0.15) is 18.5 Å². The first-order valence-corrected chi connectivity index (χ1v) is 5.06. The molecule has 0 saturated carbocycles. The number of hydrogen-bond acceptors (Lipinski definition) is 1. The average molecular weight is 206 g/mol. The van der Waals surface area contributed by atoms with Gasteiger partial charge in [0.2, 0.25) is 0 Å². The van der Waals surface area contributed by atoms with Crippen molar-refractivity contribution in [3.05, 3.63) is 35.8 Å². The molecule has 2 nitrogen and oxygen atoms in total.